The Balaban J connectivity index is 0.00000162. The van der Waals surface area contributed by atoms with E-state index < -0.39 is 0 Å². The van der Waals surface area contributed by atoms with Crippen molar-refractivity contribution in [3.63, 3.8) is 0 Å². The number of likely N-dealkylation sites (N-methyl/N-ethyl adjacent to an activating group) is 1. The largest absolute Gasteiger partial charge is 0.378 e. The minimum atomic E-state index is 0. The van der Waals surface area contributed by atoms with Crippen LogP contribution in [0.2, 0.25) is 0 Å². The van der Waals surface area contributed by atoms with Crippen molar-refractivity contribution in [3.05, 3.63) is 0 Å². The van der Waals surface area contributed by atoms with Crippen LogP contribution in [-0.4, -0.2) is 74.7 Å². The van der Waals surface area contributed by atoms with Gasteiger partial charge in [-0.2, -0.15) is 0 Å². The third kappa shape index (κ3) is 4.39. The van der Waals surface area contributed by atoms with E-state index in [1.165, 1.54) is 12.8 Å². The number of carbonyl (C=O) groups is 1. The number of rotatable bonds is 3. The molecule has 0 aromatic carbocycles. The lowest BCUT2D eigenvalue weighted by atomic mass is 10.1. The molecule has 2 heterocycles. The SMILES string of the molecule is CNC1CCCN(CC(=O)N2CCOCC2)C1.Cl. The zero-order chi connectivity index (χ0) is 12.1. The van der Waals surface area contributed by atoms with Crippen molar-refractivity contribution in [2.24, 2.45) is 0 Å². The molecule has 18 heavy (non-hydrogen) atoms. The van der Waals surface area contributed by atoms with Gasteiger partial charge < -0.3 is 15.0 Å². The van der Waals surface area contributed by atoms with Crippen LogP contribution in [0.5, 0.6) is 0 Å². The monoisotopic (exact) mass is 277 g/mol. The zero-order valence-corrected chi connectivity index (χ0v) is 11.9. The van der Waals surface area contributed by atoms with Gasteiger partial charge >= 0.3 is 0 Å². The molecule has 2 aliphatic heterocycles. The van der Waals surface area contributed by atoms with Gasteiger partial charge in [0.05, 0.1) is 19.8 Å². The van der Waals surface area contributed by atoms with Crippen LogP contribution in [0.1, 0.15) is 12.8 Å². The van der Waals surface area contributed by atoms with Crippen LogP contribution in [-0.2, 0) is 9.53 Å². The molecular formula is C12H24ClN3O2. The smallest absolute Gasteiger partial charge is 0.236 e. The van der Waals surface area contributed by atoms with E-state index in [0.29, 0.717) is 25.8 Å². The van der Waals surface area contributed by atoms with Crippen molar-refractivity contribution in [2.75, 3.05) is 53.0 Å². The standard InChI is InChI=1S/C12H23N3O2.ClH/c1-13-11-3-2-4-14(9-11)10-12(16)15-5-7-17-8-6-15;/h11,13H,2-10H2,1H3;1H. The minimum absolute atomic E-state index is 0. The third-order valence-corrected chi connectivity index (χ3v) is 3.64. The van der Waals surface area contributed by atoms with Crippen LogP contribution >= 0.6 is 12.4 Å². The molecule has 0 aromatic heterocycles. The maximum atomic E-state index is 12.1. The number of carbonyl (C=O) groups excluding carboxylic acids is 1. The van der Waals surface area contributed by atoms with E-state index in [4.69, 9.17) is 4.74 Å². The number of piperidine rings is 1. The Kier molecular flexibility index (Phi) is 6.92. The first-order valence-electron chi connectivity index (χ1n) is 6.54. The summed E-state index contributed by atoms with van der Waals surface area (Å²) in [6, 6.07) is 0.543. The highest BCUT2D eigenvalue weighted by Gasteiger charge is 2.23. The Morgan fingerprint density at radius 1 is 1.33 bits per heavy atom. The van der Waals surface area contributed by atoms with E-state index in [0.717, 1.165) is 26.2 Å². The average molecular weight is 278 g/mol. The second-order valence-corrected chi connectivity index (χ2v) is 4.86. The molecule has 0 saturated carbocycles. The van der Waals surface area contributed by atoms with Crippen LogP contribution < -0.4 is 5.32 Å². The Hall–Kier alpha value is -0.360. The third-order valence-electron chi connectivity index (χ3n) is 3.64. The number of hydrogen-bond acceptors (Lipinski definition) is 4. The Morgan fingerprint density at radius 2 is 2.06 bits per heavy atom. The van der Waals surface area contributed by atoms with Crippen molar-refractivity contribution >= 4 is 18.3 Å². The van der Waals surface area contributed by atoms with Gasteiger partial charge in [-0.05, 0) is 26.4 Å². The fourth-order valence-corrected chi connectivity index (χ4v) is 2.54. The number of amides is 1. The van der Waals surface area contributed by atoms with Crippen molar-refractivity contribution in [3.8, 4) is 0 Å². The maximum absolute atomic E-state index is 12.1. The summed E-state index contributed by atoms with van der Waals surface area (Å²) in [5, 5.41) is 3.30. The molecule has 0 bridgehead atoms. The summed E-state index contributed by atoms with van der Waals surface area (Å²) in [5.74, 6) is 0.255. The van der Waals surface area contributed by atoms with E-state index in [2.05, 4.69) is 10.2 Å². The molecule has 5 nitrogen and oxygen atoms in total. The molecular weight excluding hydrogens is 254 g/mol. The molecule has 2 rings (SSSR count). The van der Waals surface area contributed by atoms with Crippen molar-refractivity contribution in [1.29, 1.82) is 0 Å². The van der Waals surface area contributed by atoms with Crippen molar-refractivity contribution < 1.29 is 9.53 Å². The number of halogens is 1. The highest BCUT2D eigenvalue weighted by molar-refractivity contribution is 5.85. The van der Waals surface area contributed by atoms with Crippen LogP contribution in [0.4, 0.5) is 0 Å². The van der Waals surface area contributed by atoms with Crippen LogP contribution in [0.3, 0.4) is 0 Å². The number of nitrogens with one attached hydrogen (secondary N) is 1. The van der Waals surface area contributed by atoms with E-state index in [1.54, 1.807) is 0 Å². The molecule has 0 radical (unpaired) electrons. The number of nitrogens with zero attached hydrogens (tertiary/aromatic N) is 2. The molecule has 6 heteroatoms. The maximum Gasteiger partial charge on any atom is 0.236 e. The van der Waals surface area contributed by atoms with Gasteiger partial charge in [-0.15, -0.1) is 12.4 Å². The number of hydrogen-bond donors (Lipinski definition) is 1. The van der Waals surface area contributed by atoms with E-state index in [-0.39, 0.29) is 18.3 Å². The molecule has 0 aliphatic carbocycles. The summed E-state index contributed by atoms with van der Waals surface area (Å²) in [4.78, 5) is 16.3. The number of ether oxygens (including phenoxy) is 1. The summed E-state index contributed by atoms with van der Waals surface area (Å²) in [6.45, 7) is 5.49. The van der Waals surface area contributed by atoms with E-state index >= 15 is 0 Å². The minimum Gasteiger partial charge on any atom is -0.378 e. The Labute approximate surface area is 115 Å². The van der Waals surface area contributed by atoms with Crippen LogP contribution in [0, 0.1) is 0 Å². The van der Waals surface area contributed by atoms with Crippen molar-refractivity contribution in [2.45, 2.75) is 18.9 Å². The first-order chi connectivity index (χ1) is 8.29. The summed E-state index contributed by atoms with van der Waals surface area (Å²) >= 11 is 0. The molecule has 2 fully saturated rings. The summed E-state index contributed by atoms with van der Waals surface area (Å²) in [7, 11) is 2.00. The van der Waals surface area contributed by atoms with Gasteiger partial charge in [0.1, 0.15) is 0 Å². The Morgan fingerprint density at radius 3 is 2.72 bits per heavy atom. The highest BCUT2D eigenvalue weighted by atomic mass is 35.5. The van der Waals surface area contributed by atoms with Crippen LogP contribution in [0.25, 0.3) is 0 Å². The van der Waals surface area contributed by atoms with Gasteiger partial charge in [-0.1, -0.05) is 0 Å². The highest BCUT2D eigenvalue weighted by Crippen LogP contribution is 2.10. The Bertz CT molecular complexity index is 260. The summed E-state index contributed by atoms with van der Waals surface area (Å²) in [5.41, 5.74) is 0. The lowest BCUT2D eigenvalue weighted by Crippen LogP contribution is -2.50. The van der Waals surface area contributed by atoms with Gasteiger partial charge in [-0.25, -0.2) is 0 Å². The predicted octanol–water partition coefficient (Wildman–Crippen LogP) is -0.0492. The summed E-state index contributed by atoms with van der Waals surface area (Å²) in [6.07, 6.45) is 2.40. The molecule has 0 aromatic rings. The van der Waals surface area contributed by atoms with Gasteiger partial charge in [0, 0.05) is 25.7 Å². The fraction of sp³-hybridized carbons (Fsp3) is 0.917. The lowest BCUT2D eigenvalue weighted by Gasteiger charge is -2.34. The lowest BCUT2D eigenvalue weighted by molar-refractivity contribution is -0.136. The first kappa shape index (κ1) is 15.7. The molecule has 0 spiro atoms. The number of morpholine rings is 1. The van der Waals surface area contributed by atoms with E-state index in [1.807, 2.05) is 11.9 Å². The molecule has 1 N–H and O–H groups in total. The normalized spacial score (nSPS) is 25.6. The second-order valence-electron chi connectivity index (χ2n) is 4.86. The molecule has 2 saturated heterocycles. The molecule has 106 valence electrons. The van der Waals surface area contributed by atoms with E-state index in [9.17, 15) is 4.79 Å². The van der Waals surface area contributed by atoms with Crippen LogP contribution in [0.15, 0.2) is 0 Å². The molecule has 1 unspecified atom stereocenters. The van der Waals surface area contributed by atoms with Crippen molar-refractivity contribution in [1.82, 2.24) is 15.1 Å². The molecule has 2 aliphatic rings. The van der Waals surface area contributed by atoms with Gasteiger partial charge in [0.25, 0.3) is 0 Å². The fourth-order valence-electron chi connectivity index (χ4n) is 2.54. The quantitative estimate of drug-likeness (QED) is 0.786. The first-order valence-corrected chi connectivity index (χ1v) is 6.54. The predicted molar refractivity (Wildman–Crippen MR) is 73.2 cm³/mol. The molecule has 1 amide bonds. The topological polar surface area (TPSA) is 44.8 Å². The molecule has 1 atom stereocenters. The number of likely N-dealkylation sites (tertiary alicyclic amines) is 1. The van der Waals surface area contributed by atoms with Gasteiger partial charge in [-0.3, -0.25) is 9.69 Å². The van der Waals surface area contributed by atoms with Gasteiger partial charge in [0.15, 0.2) is 0 Å². The zero-order valence-electron chi connectivity index (χ0n) is 11.1. The summed E-state index contributed by atoms with van der Waals surface area (Å²) < 4.78 is 5.26. The average Bonchev–Trinajstić information content (AvgIpc) is 2.40. The van der Waals surface area contributed by atoms with Gasteiger partial charge in [0.2, 0.25) is 5.91 Å². The second kappa shape index (κ2) is 7.94.